The highest BCUT2D eigenvalue weighted by molar-refractivity contribution is 14.1. The van der Waals surface area contributed by atoms with E-state index in [1.165, 1.54) is 27.7 Å². The molecule has 16 nitrogen and oxygen atoms in total. The average molecular weight is 1560 g/mol. The van der Waals surface area contributed by atoms with Crippen LogP contribution in [0.25, 0.3) is 0 Å². The van der Waals surface area contributed by atoms with E-state index in [0.29, 0.717) is 96.9 Å². The molecule has 0 bridgehead atoms. The van der Waals surface area contributed by atoms with E-state index in [1.807, 2.05) is 133 Å². The second-order valence-electron chi connectivity index (χ2n) is 15.9. The molecule has 0 saturated heterocycles. The summed E-state index contributed by atoms with van der Waals surface area (Å²) in [5, 5.41) is 20.7. The maximum absolute atomic E-state index is 12.9. The number of aromatic hydroxyl groups is 2. The Morgan fingerprint density at radius 2 is 0.905 bits per heavy atom. The van der Waals surface area contributed by atoms with Gasteiger partial charge in [0.15, 0.2) is 34.2 Å². The monoisotopic (exact) mass is 1560 g/mol. The van der Waals surface area contributed by atoms with E-state index in [2.05, 4.69) is 32.3 Å². The van der Waals surface area contributed by atoms with Crippen LogP contribution in [0.1, 0.15) is 81.8 Å². The zero-order valence-electron chi connectivity index (χ0n) is 38.6. The number of phenolic OH excluding ortho intramolecular Hbond substituents is 2. The Morgan fingerprint density at radius 3 is 1.31 bits per heavy atom. The summed E-state index contributed by atoms with van der Waals surface area (Å²) in [6.07, 6.45) is 3.50. The Kier molecular flexibility index (Phi) is 16.4. The van der Waals surface area contributed by atoms with Crippen molar-refractivity contribution in [3.8, 4) is 46.0 Å². The molecule has 376 valence electrons. The lowest BCUT2D eigenvalue weighted by atomic mass is 9.77. The molecule has 1 atom stereocenters. The molecule has 7 aromatic rings. The predicted molar refractivity (Wildman–Crippen MR) is 306 cm³/mol. The third-order valence-corrected chi connectivity index (χ3v) is 16.1. The van der Waals surface area contributed by atoms with Gasteiger partial charge in [0, 0.05) is 67.9 Å². The molecule has 0 fully saturated rings. The molecule has 0 aliphatic carbocycles. The number of hydrogen-bond acceptors (Lipinski definition) is 16. The van der Waals surface area contributed by atoms with Gasteiger partial charge in [-0.05, 0) is 180 Å². The molecule has 21 heteroatoms. The van der Waals surface area contributed by atoms with Crippen LogP contribution in [0.5, 0.6) is 46.0 Å². The molecule has 2 spiro atoms. The molecule has 1 aromatic heterocycles. The van der Waals surface area contributed by atoms with Crippen LogP contribution < -0.4 is 18.9 Å². The number of pyridine rings is 1. The predicted octanol–water partition coefficient (Wildman–Crippen LogP) is 12.0. The Hall–Kier alpha value is -5.66. The zero-order chi connectivity index (χ0) is 53.4. The van der Waals surface area contributed by atoms with Crippen LogP contribution in [0, 0.1) is 17.9 Å². The van der Waals surface area contributed by atoms with Crippen LogP contribution >= 0.6 is 113 Å². The number of benzene rings is 6. The molecule has 5 heterocycles. The zero-order valence-corrected chi connectivity index (χ0v) is 49.4. The SMILES string of the molecule is CC(=O)OC(C)=O.CC(=O)Oc1ccc2c(c1I)Oc1c(ccc(OC(C)=O)c1I)C21OC(=O)c2ccccc21.O=C1OC2(c3ccccc31)c1ccc(O)c(I)c1Oc1c2cc(I)c(O)c1I.c1ccncc1. The van der Waals surface area contributed by atoms with Crippen molar-refractivity contribution in [1.82, 2.24) is 4.98 Å². The van der Waals surface area contributed by atoms with Crippen molar-refractivity contribution < 1.29 is 72.1 Å². The molecular weight excluding hydrogens is 1530 g/mol. The highest BCUT2D eigenvalue weighted by atomic mass is 127. The first-order valence-corrected chi connectivity index (χ1v) is 26.9. The van der Waals surface area contributed by atoms with Gasteiger partial charge in [0.05, 0.1) is 34.5 Å². The number of hydrogen-bond donors (Lipinski definition) is 2. The van der Waals surface area contributed by atoms with Gasteiger partial charge in [-0.1, -0.05) is 42.5 Å². The second kappa shape index (κ2) is 22.3. The third kappa shape index (κ3) is 10.1. The normalized spacial score (nSPS) is 15.0. The van der Waals surface area contributed by atoms with E-state index in [1.54, 1.807) is 79.1 Å². The fourth-order valence-electron chi connectivity index (χ4n) is 8.42. The van der Waals surface area contributed by atoms with Crippen molar-refractivity contribution in [3.63, 3.8) is 0 Å². The standard InChI is InChI=1S/C24H14I2O7.C20H9I3O5.C5H5N.C4H6O3/c1-11(27)30-17-9-7-15-21(19(17)25)32-22-16(8-10-18(20(22)26)31-12(2)28)24(15)14-6-4-3-5-13(14)23(29)33-24;21-12-7-11-18(15(23)16(12)25)27-17-10(5-6-13(24)14(17)22)20(11)9-4-2-1-3-8(9)19(26)28-20;1-2-4-6-5-3-1;1-3(5)7-4(2)6/h3-10H,1-2H3;1-7,24-25H;1-5H;1-2H3. The Bertz CT molecular complexity index is 3390. The van der Waals surface area contributed by atoms with Gasteiger partial charge in [-0.3, -0.25) is 24.2 Å². The molecule has 4 aliphatic rings. The average Bonchev–Trinajstić information content (AvgIpc) is 3.83. The molecule has 74 heavy (non-hydrogen) atoms. The molecule has 4 aliphatic heterocycles. The summed E-state index contributed by atoms with van der Waals surface area (Å²) in [6.45, 7) is 5.00. The van der Waals surface area contributed by atoms with Crippen LogP contribution in [-0.2, 0) is 44.6 Å². The largest absolute Gasteiger partial charge is 0.507 e. The quantitative estimate of drug-likeness (QED) is 0.0540. The van der Waals surface area contributed by atoms with E-state index in [0.717, 1.165) is 0 Å². The van der Waals surface area contributed by atoms with Crippen LogP contribution in [0.4, 0.5) is 0 Å². The highest BCUT2D eigenvalue weighted by Crippen LogP contribution is 2.61. The Morgan fingerprint density at radius 1 is 0.486 bits per heavy atom. The van der Waals surface area contributed by atoms with Crippen LogP contribution in [-0.4, -0.2) is 51.0 Å². The van der Waals surface area contributed by atoms with Crippen molar-refractivity contribution in [2.75, 3.05) is 0 Å². The fourth-order valence-corrected chi connectivity index (χ4v) is 12.2. The van der Waals surface area contributed by atoms with E-state index in [4.69, 9.17) is 28.4 Å². The summed E-state index contributed by atoms with van der Waals surface area (Å²) in [5.41, 5.74) is 2.32. The molecule has 2 N–H and O–H groups in total. The van der Waals surface area contributed by atoms with Gasteiger partial charge >= 0.3 is 35.8 Å². The number of aromatic nitrogens is 1. The van der Waals surface area contributed by atoms with Gasteiger partial charge in [-0.15, -0.1) is 0 Å². The van der Waals surface area contributed by atoms with Gasteiger partial charge in [-0.25, -0.2) is 9.59 Å². The fraction of sp³-hybridized carbons (Fsp3) is 0.113. The topological polar surface area (TPSA) is 220 Å². The molecule has 1 unspecified atom stereocenters. The number of phenols is 2. The molecule has 0 amide bonds. The lowest BCUT2D eigenvalue weighted by Crippen LogP contribution is -2.33. The highest BCUT2D eigenvalue weighted by Gasteiger charge is 2.56. The first-order chi connectivity index (χ1) is 35.2. The van der Waals surface area contributed by atoms with Crippen LogP contribution in [0.15, 0.2) is 122 Å². The summed E-state index contributed by atoms with van der Waals surface area (Å²) >= 11 is 10.2. The van der Waals surface area contributed by atoms with Crippen molar-refractivity contribution >= 4 is 149 Å². The molecule has 6 aromatic carbocycles. The minimum Gasteiger partial charge on any atom is -0.507 e. The summed E-state index contributed by atoms with van der Waals surface area (Å²) < 4.78 is 42.1. The second-order valence-corrected chi connectivity index (χ2v) is 21.4. The number of carbonyl (C=O) groups excluding carboxylic acids is 6. The Balaban J connectivity index is 0.000000160. The molecular formula is C53H34I5NO15. The number of halogens is 5. The van der Waals surface area contributed by atoms with Crippen LogP contribution in [0.2, 0.25) is 0 Å². The lowest BCUT2D eigenvalue weighted by Gasteiger charge is -2.37. The molecule has 0 saturated carbocycles. The number of esters is 6. The third-order valence-electron chi connectivity index (χ3n) is 11.2. The van der Waals surface area contributed by atoms with E-state index >= 15 is 0 Å². The van der Waals surface area contributed by atoms with Gasteiger partial charge in [0.25, 0.3) is 0 Å². The van der Waals surface area contributed by atoms with E-state index in [9.17, 15) is 39.0 Å². The first kappa shape index (κ1) is 54.6. The van der Waals surface area contributed by atoms with Gasteiger partial charge in [0.2, 0.25) is 0 Å². The van der Waals surface area contributed by atoms with Crippen LogP contribution in [0.3, 0.4) is 0 Å². The summed E-state index contributed by atoms with van der Waals surface area (Å²) in [7, 11) is 0. The summed E-state index contributed by atoms with van der Waals surface area (Å²) in [6, 6.07) is 32.0. The van der Waals surface area contributed by atoms with Gasteiger partial charge in [-0.2, -0.15) is 0 Å². The lowest BCUT2D eigenvalue weighted by molar-refractivity contribution is -0.156. The van der Waals surface area contributed by atoms with Crippen molar-refractivity contribution in [2.24, 2.45) is 0 Å². The van der Waals surface area contributed by atoms with E-state index < -0.39 is 47.0 Å². The minimum atomic E-state index is -1.28. The number of carbonyl (C=O) groups is 6. The Labute approximate surface area is 489 Å². The molecule has 0 radical (unpaired) electrons. The van der Waals surface area contributed by atoms with Gasteiger partial charge < -0.3 is 43.4 Å². The smallest absolute Gasteiger partial charge is 0.340 e. The van der Waals surface area contributed by atoms with Crippen molar-refractivity contribution in [3.05, 3.63) is 184 Å². The number of rotatable bonds is 2. The molecule has 11 rings (SSSR count). The number of nitrogens with zero attached hydrogens (tertiary/aromatic N) is 1. The van der Waals surface area contributed by atoms with Crippen molar-refractivity contribution in [1.29, 1.82) is 0 Å². The van der Waals surface area contributed by atoms with Gasteiger partial charge in [0.1, 0.15) is 23.0 Å². The first-order valence-electron chi connectivity index (χ1n) is 21.5. The maximum atomic E-state index is 12.9. The summed E-state index contributed by atoms with van der Waals surface area (Å²) in [4.78, 5) is 72.3. The minimum absolute atomic E-state index is 0.0697. The number of fused-ring (bicyclic) bond motifs is 12. The number of ether oxygens (including phenoxy) is 7. The van der Waals surface area contributed by atoms with Crippen molar-refractivity contribution in [2.45, 2.75) is 38.9 Å². The maximum Gasteiger partial charge on any atom is 0.340 e. The summed E-state index contributed by atoms with van der Waals surface area (Å²) in [5.74, 6) is -0.506. The van der Waals surface area contributed by atoms with E-state index in [-0.39, 0.29) is 11.5 Å².